The van der Waals surface area contributed by atoms with Gasteiger partial charge in [0.05, 0.1) is 0 Å². The van der Waals surface area contributed by atoms with Gasteiger partial charge in [0, 0.05) is 44.6 Å². The molecule has 5 nitrogen and oxygen atoms in total. The van der Waals surface area contributed by atoms with E-state index in [1.807, 2.05) is 16.7 Å². The molecule has 0 aromatic rings. The van der Waals surface area contributed by atoms with Crippen molar-refractivity contribution < 1.29 is 14.3 Å². The third kappa shape index (κ3) is 5.20. The molecule has 0 N–H and O–H groups in total. The van der Waals surface area contributed by atoms with Crippen molar-refractivity contribution >= 4 is 11.8 Å². The quantitative estimate of drug-likeness (QED) is 0.671. The Bertz CT molecular complexity index is 438. The summed E-state index contributed by atoms with van der Waals surface area (Å²) in [5, 5.41) is 0. The second-order valence-electron chi connectivity index (χ2n) is 7.97. The van der Waals surface area contributed by atoms with Crippen molar-refractivity contribution in [1.82, 2.24) is 9.80 Å². The monoisotopic (exact) mass is 338 g/mol. The number of carbonyl (C=O) groups is 2. The van der Waals surface area contributed by atoms with Crippen LogP contribution in [0.25, 0.3) is 0 Å². The topological polar surface area (TPSA) is 49.9 Å². The highest BCUT2D eigenvalue weighted by molar-refractivity contribution is 5.78. The molecule has 2 saturated heterocycles. The van der Waals surface area contributed by atoms with Gasteiger partial charge in [0.2, 0.25) is 11.8 Å². The molecule has 1 atom stereocenters. The van der Waals surface area contributed by atoms with Gasteiger partial charge in [0.25, 0.3) is 0 Å². The standard InChI is InChI=1S/C19H34N2O3/c1-4-12-24-13-18(23)20-10-5-8-19(14-20)9-6-17(22)21(15-19)11-7-16(2)3/h16H,4-15H2,1-3H3/t19-/m0/s1. The van der Waals surface area contributed by atoms with Gasteiger partial charge in [-0.25, -0.2) is 0 Å². The Kier molecular flexibility index (Phi) is 7.08. The lowest BCUT2D eigenvalue weighted by Gasteiger charge is -2.48. The average molecular weight is 338 g/mol. The number of nitrogens with zero attached hydrogens (tertiary/aromatic N) is 2. The predicted molar refractivity (Wildman–Crippen MR) is 94.6 cm³/mol. The highest BCUT2D eigenvalue weighted by Gasteiger charge is 2.42. The van der Waals surface area contributed by atoms with Crippen LogP contribution in [0, 0.1) is 11.3 Å². The minimum atomic E-state index is 0.101. The van der Waals surface area contributed by atoms with Gasteiger partial charge in [-0.2, -0.15) is 0 Å². The summed E-state index contributed by atoms with van der Waals surface area (Å²) >= 11 is 0. The van der Waals surface area contributed by atoms with E-state index in [0.29, 0.717) is 18.9 Å². The third-order valence-corrected chi connectivity index (χ3v) is 5.31. The molecule has 0 saturated carbocycles. The largest absolute Gasteiger partial charge is 0.372 e. The number of piperidine rings is 2. The molecule has 2 aliphatic heterocycles. The van der Waals surface area contributed by atoms with E-state index >= 15 is 0 Å². The molecule has 2 fully saturated rings. The maximum atomic E-state index is 12.4. The number of ether oxygens (including phenoxy) is 1. The fraction of sp³-hybridized carbons (Fsp3) is 0.895. The Balaban J connectivity index is 1.93. The molecular weight excluding hydrogens is 304 g/mol. The highest BCUT2D eigenvalue weighted by Crippen LogP contribution is 2.39. The van der Waals surface area contributed by atoms with Crippen LogP contribution in [-0.4, -0.2) is 61.0 Å². The van der Waals surface area contributed by atoms with Crippen molar-refractivity contribution in [3.63, 3.8) is 0 Å². The lowest BCUT2D eigenvalue weighted by molar-refractivity contribution is -0.145. The predicted octanol–water partition coefficient (Wildman–Crippen LogP) is 2.69. The first-order valence-corrected chi connectivity index (χ1v) is 9.59. The normalized spacial score (nSPS) is 24.9. The number of hydrogen-bond donors (Lipinski definition) is 0. The maximum absolute atomic E-state index is 12.4. The average Bonchev–Trinajstić information content (AvgIpc) is 2.56. The van der Waals surface area contributed by atoms with Crippen molar-refractivity contribution in [2.75, 3.05) is 39.4 Å². The van der Waals surface area contributed by atoms with Crippen LogP contribution in [0.1, 0.15) is 59.3 Å². The van der Waals surface area contributed by atoms with Crippen LogP contribution in [0.2, 0.25) is 0 Å². The van der Waals surface area contributed by atoms with E-state index in [9.17, 15) is 9.59 Å². The summed E-state index contributed by atoms with van der Waals surface area (Å²) < 4.78 is 5.42. The van der Waals surface area contributed by atoms with Gasteiger partial charge in [-0.3, -0.25) is 9.59 Å². The van der Waals surface area contributed by atoms with E-state index in [2.05, 4.69) is 13.8 Å². The summed E-state index contributed by atoms with van der Waals surface area (Å²) in [5.41, 5.74) is 0.101. The molecule has 1 spiro atoms. The van der Waals surface area contributed by atoms with Crippen molar-refractivity contribution in [2.45, 2.75) is 59.3 Å². The van der Waals surface area contributed by atoms with Gasteiger partial charge in [-0.15, -0.1) is 0 Å². The smallest absolute Gasteiger partial charge is 0.248 e. The zero-order valence-corrected chi connectivity index (χ0v) is 15.7. The molecule has 0 unspecified atom stereocenters. The number of rotatable bonds is 7. The molecule has 0 aromatic carbocycles. The van der Waals surface area contributed by atoms with Crippen molar-refractivity contribution in [3.8, 4) is 0 Å². The minimum absolute atomic E-state index is 0.101. The molecule has 2 heterocycles. The number of hydrogen-bond acceptors (Lipinski definition) is 3. The molecule has 0 radical (unpaired) electrons. The van der Waals surface area contributed by atoms with E-state index in [0.717, 1.165) is 58.3 Å². The van der Waals surface area contributed by atoms with Crippen LogP contribution in [-0.2, 0) is 14.3 Å². The molecule has 5 heteroatoms. The first-order valence-electron chi connectivity index (χ1n) is 9.59. The van der Waals surface area contributed by atoms with E-state index in [4.69, 9.17) is 4.74 Å². The summed E-state index contributed by atoms with van der Waals surface area (Å²) in [4.78, 5) is 28.6. The molecule has 138 valence electrons. The fourth-order valence-electron chi connectivity index (χ4n) is 3.87. The summed E-state index contributed by atoms with van der Waals surface area (Å²) in [7, 11) is 0. The number of amides is 2. The van der Waals surface area contributed by atoms with Crippen LogP contribution in [0.4, 0.5) is 0 Å². The summed E-state index contributed by atoms with van der Waals surface area (Å²) in [6.45, 7) is 10.6. The SMILES string of the molecule is CCCOCC(=O)N1CCC[C@]2(CCC(=O)N(CCC(C)C)C2)C1. The lowest BCUT2D eigenvalue weighted by Crippen LogP contribution is -2.55. The summed E-state index contributed by atoms with van der Waals surface area (Å²) in [6.07, 6.45) is 5.69. The lowest BCUT2D eigenvalue weighted by atomic mass is 9.73. The van der Waals surface area contributed by atoms with Crippen LogP contribution in [0.3, 0.4) is 0 Å². The number of likely N-dealkylation sites (tertiary alicyclic amines) is 2. The van der Waals surface area contributed by atoms with Gasteiger partial charge in [0.15, 0.2) is 0 Å². The Hall–Kier alpha value is -1.10. The van der Waals surface area contributed by atoms with E-state index < -0.39 is 0 Å². The van der Waals surface area contributed by atoms with Crippen LogP contribution in [0.5, 0.6) is 0 Å². The molecule has 24 heavy (non-hydrogen) atoms. The Labute approximate surface area is 146 Å². The van der Waals surface area contributed by atoms with E-state index in [1.165, 1.54) is 0 Å². The summed E-state index contributed by atoms with van der Waals surface area (Å²) in [5.74, 6) is 1.000. The minimum Gasteiger partial charge on any atom is -0.372 e. The van der Waals surface area contributed by atoms with Crippen molar-refractivity contribution in [3.05, 3.63) is 0 Å². The molecule has 0 aliphatic carbocycles. The second-order valence-corrected chi connectivity index (χ2v) is 7.97. The Morgan fingerprint density at radius 2 is 2.08 bits per heavy atom. The Morgan fingerprint density at radius 1 is 1.29 bits per heavy atom. The number of carbonyl (C=O) groups excluding carboxylic acids is 2. The molecule has 2 amide bonds. The molecule has 2 aliphatic rings. The fourth-order valence-corrected chi connectivity index (χ4v) is 3.87. The molecule has 0 aromatic heterocycles. The first-order chi connectivity index (χ1) is 11.5. The van der Waals surface area contributed by atoms with Crippen LogP contribution >= 0.6 is 0 Å². The second kappa shape index (κ2) is 8.84. The molecule has 2 rings (SSSR count). The van der Waals surface area contributed by atoms with Gasteiger partial charge >= 0.3 is 0 Å². The Morgan fingerprint density at radius 3 is 2.79 bits per heavy atom. The van der Waals surface area contributed by atoms with Gasteiger partial charge < -0.3 is 14.5 Å². The van der Waals surface area contributed by atoms with Crippen LogP contribution < -0.4 is 0 Å². The summed E-state index contributed by atoms with van der Waals surface area (Å²) in [6, 6.07) is 0. The highest BCUT2D eigenvalue weighted by atomic mass is 16.5. The maximum Gasteiger partial charge on any atom is 0.248 e. The zero-order valence-electron chi connectivity index (χ0n) is 15.7. The van der Waals surface area contributed by atoms with Crippen molar-refractivity contribution in [2.24, 2.45) is 11.3 Å². The van der Waals surface area contributed by atoms with Gasteiger partial charge in [-0.1, -0.05) is 20.8 Å². The first kappa shape index (κ1) is 19.2. The van der Waals surface area contributed by atoms with Crippen LogP contribution in [0.15, 0.2) is 0 Å². The van der Waals surface area contributed by atoms with Gasteiger partial charge in [0.1, 0.15) is 6.61 Å². The molecular formula is C19H34N2O3. The third-order valence-electron chi connectivity index (χ3n) is 5.31. The van der Waals surface area contributed by atoms with E-state index in [1.54, 1.807) is 0 Å². The zero-order chi connectivity index (χ0) is 17.6. The molecule has 0 bridgehead atoms. The van der Waals surface area contributed by atoms with Gasteiger partial charge in [-0.05, 0) is 38.0 Å². The van der Waals surface area contributed by atoms with E-state index in [-0.39, 0.29) is 23.8 Å². The van der Waals surface area contributed by atoms with Crippen molar-refractivity contribution in [1.29, 1.82) is 0 Å².